The van der Waals surface area contributed by atoms with E-state index in [0.29, 0.717) is 19.3 Å². The molecule has 1 aliphatic carbocycles. The number of carbonyl (C=O) groups excluding carboxylic acids is 3. The number of rotatable bonds is 7. The minimum atomic E-state index is -0.994. The lowest BCUT2D eigenvalue weighted by Gasteiger charge is -2.31. The van der Waals surface area contributed by atoms with E-state index in [1.165, 1.54) is 31.5 Å². The summed E-state index contributed by atoms with van der Waals surface area (Å²) in [5.74, 6) is -2.80. The minimum absolute atomic E-state index is 0.0785. The Hall–Kier alpha value is -3.69. The first-order chi connectivity index (χ1) is 17.8. The number of cyclic esters (lactones) is 1. The number of nitrogens with one attached hydrogen (secondary N) is 1. The fourth-order valence-corrected chi connectivity index (χ4v) is 4.54. The van der Waals surface area contributed by atoms with Crippen LogP contribution in [0.25, 0.3) is 0 Å². The highest BCUT2D eigenvalue weighted by atomic mass is 19.1. The minimum Gasteiger partial charge on any atom is -0.503 e. The second-order valence-electron chi connectivity index (χ2n) is 9.55. The van der Waals surface area contributed by atoms with E-state index in [1.807, 2.05) is 0 Å². The first-order valence-corrected chi connectivity index (χ1v) is 12.4. The van der Waals surface area contributed by atoms with Crippen LogP contribution >= 0.6 is 0 Å². The van der Waals surface area contributed by atoms with Gasteiger partial charge in [0, 0.05) is 18.2 Å². The lowest BCUT2D eigenvalue weighted by Crippen LogP contribution is -2.44. The number of nitrogens with zero attached hydrogens (tertiary/aromatic N) is 1. The Balaban J connectivity index is 1.52. The van der Waals surface area contributed by atoms with Gasteiger partial charge in [-0.2, -0.15) is 0 Å². The first-order valence-electron chi connectivity index (χ1n) is 12.4. The molecule has 1 saturated heterocycles. The van der Waals surface area contributed by atoms with E-state index in [2.05, 4.69) is 10.3 Å². The molecule has 2 aliphatic rings. The summed E-state index contributed by atoms with van der Waals surface area (Å²) in [5.41, 5.74) is 0.552. The summed E-state index contributed by atoms with van der Waals surface area (Å²) in [4.78, 5) is 42.4. The van der Waals surface area contributed by atoms with Crippen molar-refractivity contribution in [3.8, 4) is 11.5 Å². The van der Waals surface area contributed by atoms with Crippen molar-refractivity contribution >= 4 is 17.8 Å². The van der Waals surface area contributed by atoms with Crippen molar-refractivity contribution in [1.29, 1.82) is 0 Å². The maximum atomic E-state index is 13.4. The molecule has 1 amide bonds. The van der Waals surface area contributed by atoms with Crippen molar-refractivity contribution in [3.05, 3.63) is 53.6 Å². The zero-order valence-electron chi connectivity index (χ0n) is 20.8. The number of hydrogen-bond donors (Lipinski definition) is 2. The van der Waals surface area contributed by atoms with E-state index < -0.39 is 35.9 Å². The van der Waals surface area contributed by atoms with E-state index in [1.54, 1.807) is 19.1 Å². The van der Waals surface area contributed by atoms with Crippen LogP contribution in [0.15, 0.2) is 36.5 Å². The number of hydrogen-bond acceptors (Lipinski definition) is 8. The Bertz CT molecular complexity index is 1140. The SMILES string of the molecule is COc1ccnc(C(=O)NC2CCCC(OC(=O)C3CC3)C(Cc3ccc(F)cc3)C(C)OC2=O)c1O. The molecule has 0 spiro atoms. The van der Waals surface area contributed by atoms with Crippen LogP contribution in [0.2, 0.25) is 0 Å². The molecule has 0 radical (unpaired) electrons. The Morgan fingerprint density at radius 3 is 2.57 bits per heavy atom. The summed E-state index contributed by atoms with van der Waals surface area (Å²) >= 11 is 0. The molecule has 4 unspecified atom stereocenters. The standard InChI is InChI=1S/C27H31FN2O7/c1-15-19(14-16-6-10-18(28)11-7-16)21(37-26(33)17-8-9-17)5-3-4-20(27(34)36-15)30-25(32)23-24(31)22(35-2)12-13-29-23/h6-7,10-13,15,17,19-21,31H,3-5,8-9,14H2,1-2H3,(H,30,32). The highest BCUT2D eigenvalue weighted by molar-refractivity contribution is 5.97. The van der Waals surface area contributed by atoms with Crippen molar-refractivity contribution < 1.29 is 38.1 Å². The van der Waals surface area contributed by atoms with Gasteiger partial charge in [-0.15, -0.1) is 0 Å². The third-order valence-electron chi connectivity index (χ3n) is 6.84. The number of benzene rings is 1. The predicted octanol–water partition coefficient (Wildman–Crippen LogP) is 3.33. The number of aromatic nitrogens is 1. The van der Waals surface area contributed by atoms with E-state index in [4.69, 9.17) is 14.2 Å². The maximum Gasteiger partial charge on any atom is 0.328 e. The Morgan fingerprint density at radius 2 is 1.89 bits per heavy atom. The van der Waals surface area contributed by atoms with Gasteiger partial charge in [0.2, 0.25) is 0 Å². The molecule has 2 heterocycles. The van der Waals surface area contributed by atoms with E-state index in [0.717, 1.165) is 18.4 Å². The van der Waals surface area contributed by atoms with Gasteiger partial charge in [0.25, 0.3) is 5.91 Å². The van der Waals surface area contributed by atoms with Crippen LogP contribution in [0, 0.1) is 17.7 Å². The molecule has 9 nitrogen and oxygen atoms in total. The molecule has 10 heteroatoms. The first kappa shape index (κ1) is 26.4. The van der Waals surface area contributed by atoms with Gasteiger partial charge in [-0.1, -0.05) is 12.1 Å². The van der Waals surface area contributed by atoms with Gasteiger partial charge in [-0.05, 0) is 63.1 Å². The molecular weight excluding hydrogens is 483 g/mol. The lowest BCUT2D eigenvalue weighted by atomic mass is 9.87. The van der Waals surface area contributed by atoms with E-state index in [-0.39, 0.29) is 41.5 Å². The monoisotopic (exact) mass is 514 g/mol. The zero-order valence-corrected chi connectivity index (χ0v) is 20.8. The van der Waals surface area contributed by atoms with E-state index in [9.17, 15) is 23.9 Å². The molecule has 198 valence electrons. The van der Waals surface area contributed by atoms with Gasteiger partial charge in [0.1, 0.15) is 24.1 Å². The Morgan fingerprint density at radius 1 is 1.16 bits per heavy atom. The normalized spacial score (nSPS) is 24.1. The van der Waals surface area contributed by atoms with Crippen LogP contribution in [0.5, 0.6) is 11.5 Å². The molecular formula is C27H31FN2O7. The summed E-state index contributed by atoms with van der Waals surface area (Å²) in [6.07, 6.45) is 3.33. The Kier molecular flexibility index (Phi) is 8.25. The lowest BCUT2D eigenvalue weighted by molar-refractivity contribution is -0.162. The summed E-state index contributed by atoms with van der Waals surface area (Å²) in [5, 5.41) is 12.9. The van der Waals surface area contributed by atoms with Gasteiger partial charge in [0.05, 0.1) is 13.0 Å². The highest BCUT2D eigenvalue weighted by Gasteiger charge is 2.39. The molecule has 0 bridgehead atoms. The molecule has 1 aliphatic heterocycles. The summed E-state index contributed by atoms with van der Waals surface area (Å²) in [7, 11) is 1.35. The Labute approximate surface area is 214 Å². The van der Waals surface area contributed by atoms with Crippen LogP contribution in [0.1, 0.15) is 55.1 Å². The molecule has 1 aromatic heterocycles. The smallest absolute Gasteiger partial charge is 0.328 e. The number of aromatic hydroxyl groups is 1. The second kappa shape index (κ2) is 11.6. The largest absolute Gasteiger partial charge is 0.503 e. The number of amides is 1. The number of esters is 2. The number of carbonyl (C=O) groups is 3. The van der Waals surface area contributed by atoms with Gasteiger partial charge in [-0.3, -0.25) is 9.59 Å². The molecule has 2 N–H and O–H groups in total. The van der Waals surface area contributed by atoms with Crippen molar-refractivity contribution in [3.63, 3.8) is 0 Å². The van der Waals surface area contributed by atoms with Crippen LogP contribution < -0.4 is 10.1 Å². The van der Waals surface area contributed by atoms with E-state index >= 15 is 0 Å². The van der Waals surface area contributed by atoms with Gasteiger partial charge in [-0.25, -0.2) is 14.2 Å². The molecule has 1 saturated carbocycles. The van der Waals surface area contributed by atoms with Crippen molar-refractivity contribution in [2.45, 2.75) is 63.7 Å². The molecule has 4 rings (SSSR count). The highest BCUT2D eigenvalue weighted by Crippen LogP contribution is 2.34. The summed E-state index contributed by atoms with van der Waals surface area (Å²) in [6, 6.07) is 6.46. The summed E-state index contributed by atoms with van der Waals surface area (Å²) < 4.78 is 30.1. The quantitative estimate of drug-likeness (QED) is 0.540. The third-order valence-corrected chi connectivity index (χ3v) is 6.84. The van der Waals surface area contributed by atoms with Crippen molar-refractivity contribution in [2.24, 2.45) is 11.8 Å². The zero-order chi connectivity index (χ0) is 26.5. The fraction of sp³-hybridized carbons (Fsp3) is 0.481. The number of halogens is 1. The molecule has 37 heavy (non-hydrogen) atoms. The average molecular weight is 515 g/mol. The number of ether oxygens (including phenoxy) is 3. The molecule has 1 aromatic carbocycles. The number of methoxy groups -OCH3 is 1. The maximum absolute atomic E-state index is 13.4. The molecule has 2 fully saturated rings. The van der Waals surface area contributed by atoms with Crippen LogP contribution in [0.3, 0.4) is 0 Å². The van der Waals surface area contributed by atoms with Crippen LogP contribution in [0.4, 0.5) is 4.39 Å². The van der Waals surface area contributed by atoms with Crippen molar-refractivity contribution in [2.75, 3.05) is 7.11 Å². The second-order valence-corrected chi connectivity index (χ2v) is 9.55. The topological polar surface area (TPSA) is 124 Å². The van der Waals surface area contributed by atoms with Gasteiger partial charge < -0.3 is 24.6 Å². The molecule has 4 atom stereocenters. The van der Waals surface area contributed by atoms with Crippen LogP contribution in [-0.4, -0.2) is 53.3 Å². The average Bonchev–Trinajstić information content (AvgIpc) is 3.72. The summed E-state index contributed by atoms with van der Waals surface area (Å²) in [6.45, 7) is 1.73. The van der Waals surface area contributed by atoms with Gasteiger partial charge >= 0.3 is 11.9 Å². The predicted molar refractivity (Wildman–Crippen MR) is 129 cm³/mol. The van der Waals surface area contributed by atoms with Crippen molar-refractivity contribution in [1.82, 2.24) is 10.3 Å². The fourth-order valence-electron chi connectivity index (χ4n) is 4.54. The van der Waals surface area contributed by atoms with Crippen LogP contribution in [-0.2, 0) is 25.5 Å². The third kappa shape index (κ3) is 6.55. The number of pyridine rings is 1. The molecule has 2 aromatic rings. The van der Waals surface area contributed by atoms with Gasteiger partial charge in [0.15, 0.2) is 17.2 Å².